The van der Waals surface area contributed by atoms with Gasteiger partial charge in [-0.15, -0.1) is 0 Å². The Balaban J connectivity index is 1.29. The van der Waals surface area contributed by atoms with E-state index in [0.29, 0.717) is 31.0 Å². The van der Waals surface area contributed by atoms with Crippen molar-refractivity contribution in [1.82, 2.24) is 9.47 Å². The zero-order chi connectivity index (χ0) is 23.7. The SMILES string of the molecule is O=C(Nc1ccccc1)Nc1ccc2n(c1=O)CC1CC2CN(C(=O)Nc2ccc(F)cc2)C1. The molecule has 8 nitrogen and oxygen atoms in total. The van der Waals surface area contributed by atoms with Gasteiger partial charge < -0.3 is 25.4 Å². The second-order valence-corrected chi connectivity index (χ2v) is 8.67. The summed E-state index contributed by atoms with van der Waals surface area (Å²) in [7, 11) is 0. The third kappa shape index (κ3) is 4.50. The van der Waals surface area contributed by atoms with Gasteiger partial charge in [-0.2, -0.15) is 0 Å². The molecule has 3 aromatic rings. The molecule has 3 heterocycles. The van der Waals surface area contributed by atoms with Crippen LogP contribution in [0, 0.1) is 11.7 Å². The maximum absolute atomic E-state index is 13.1. The highest BCUT2D eigenvalue weighted by Crippen LogP contribution is 2.35. The number of aromatic nitrogens is 1. The number of amides is 4. The van der Waals surface area contributed by atoms with Gasteiger partial charge in [0, 0.05) is 42.6 Å². The molecule has 174 valence electrons. The highest BCUT2D eigenvalue weighted by atomic mass is 19.1. The first kappa shape index (κ1) is 21.7. The van der Waals surface area contributed by atoms with Crippen LogP contribution in [0.25, 0.3) is 0 Å². The Hall–Kier alpha value is -4.14. The van der Waals surface area contributed by atoms with Crippen LogP contribution >= 0.6 is 0 Å². The van der Waals surface area contributed by atoms with Crippen LogP contribution in [0.4, 0.5) is 31.0 Å². The summed E-state index contributed by atoms with van der Waals surface area (Å²) in [6, 6.07) is 17.4. The molecule has 3 N–H and O–H groups in total. The Morgan fingerprint density at radius 2 is 1.56 bits per heavy atom. The molecule has 2 bridgehead atoms. The van der Waals surface area contributed by atoms with Crippen LogP contribution in [-0.4, -0.2) is 34.6 Å². The number of benzene rings is 2. The molecule has 2 atom stereocenters. The highest BCUT2D eigenvalue weighted by Gasteiger charge is 2.36. The lowest BCUT2D eigenvalue weighted by atomic mass is 9.83. The summed E-state index contributed by atoms with van der Waals surface area (Å²) in [5.74, 6) is -0.221. The van der Waals surface area contributed by atoms with E-state index in [1.165, 1.54) is 24.3 Å². The Labute approximate surface area is 195 Å². The molecular formula is C25H24FN5O3. The van der Waals surface area contributed by atoms with E-state index in [-0.39, 0.29) is 34.9 Å². The third-order valence-corrected chi connectivity index (χ3v) is 6.27. The minimum absolute atomic E-state index is 0.0198. The quantitative estimate of drug-likeness (QED) is 0.543. The average Bonchev–Trinajstić information content (AvgIpc) is 2.83. The number of nitrogens with zero attached hydrogens (tertiary/aromatic N) is 2. The summed E-state index contributed by atoms with van der Waals surface area (Å²) in [5.41, 5.74) is 1.98. The lowest BCUT2D eigenvalue weighted by Gasteiger charge is -2.42. The topological polar surface area (TPSA) is 95.5 Å². The van der Waals surface area contributed by atoms with Gasteiger partial charge >= 0.3 is 12.1 Å². The molecule has 2 aliphatic rings. The van der Waals surface area contributed by atoms with E-state index in [1.54, 1.807) is 27.7 Å². The standard InChI is InChI=1S/C25H24FN5O3/c26-18-6-8-20(9-7-18)28-25(34)30-13-16-12-17(15-30)22-11-10-21(23(32)31(22)14-16)29-24(33)27-19-4-2-1-3-5-19/h1-11,16-17H,12-15H2,(H,28,34)(H2,27,29,33). The van der Waals surface area contributed by atoms with Gasteiger partial charge in [-0.25, -0.2) is 14.0 Å². The van der Waals surface area contributed by atoms with Gasteiger partial charge in [0.05, 0.1) is 0 Å². The summed E-state index contributed by atoms with van der Waals surface area (Å²) in [5, 5.41) is 8.17. The van der Waals surface area contributed by atoms with Crippen molar-refractivity contribution >= 4 is 29.1 Å². The summed E-state index contributed by atoms with van der Waals surface area (Å²) in [6.07, 6.45) is 0.890. The number of likely N-dealkylation sites (tertiary alicyclic amines) is 1. The van der Waals surface area contributed by atoms with Crippen LogP contribution < -0.4 is 21.5 Å². The number of nitrogens with one attached hydrogen (secondary N) is 3. The van der Waals surface area contributed by atoms with E-state index in [2.05, 4.69) is 16.0 Å². The van der Waals surface area contributed by atoms with Crippen molar-refractivity contribution in [2.24, 2.45) is 5.92 Å². The van der Waals surface area contributed by atoms with Crippen LogP contribution in [0.5, 0.6) is 0 Å². The van der Waals surface area contributed by atoms with Gasteiger partial charge in [0.25, 0.3) is 5.56 Å². The van der Waals surface area contributed by atoms with E-state index < -0.39 is 6.03 Å². The number of urea groups is 2. The number of carbonyl (C=O) groups excluding carboxylic acids is 2. The number of rotatable bonds is 3. The molecule has 0 saturated carbocycles. The third-order valence-electron chi connectivity index (χ3n) is 6.27. The lowest BCUT2D eigenvalue weighted by Crippen LogP contribution is -2.50. The predicted octanol–water partition coefficient (Wildman–Crippen LogP) is 4.28. The number of carbonyl (C=O) groups is 2. The first-order chi connectivity index (χ1) is 16.5. The second-order valence-electron chi connectivity index (χ2n) is 8.67. The van der Waals surface area contributed by atoms with Crippen molar-refractivity contribution in [1.29, 1.82) is 0 Å². The van der Waals surface area contributed by atoms with Crippen molar-refractivity contribution in [3.05, 3.63) is 88.6 Å². The largest absolute Gasteiger partial charge is 0.324 e. The highest BCUT2D eigenvalue weighted by molar-refractivity contribution is 5.99. The minimum Gasteiger partial charge on any atom is -0.324 e. The Morgan fingerprint density at radius 1 is 0.824 bits per heavy atom. The van der Waals surface area contributed by atoms with Gasteiger partial charge in [-0.1, -0.05) is 18.2 Å². The molecule has 4 amide bonds. The average molecular weight is 461 g/mol. The minimum atomic E-state index is -0.483. The van der Waals surface area contributed by atoms with Gasteiger partial charge in [0.2, 0.25) is 0 Å². The number of hydrogen-bond acceptors (Lipinski definition) is 3. The number of halogens is 1. The smallest absolute Gasteiger partial charge is 0.323 e. The van der Waals surface area contributed by atoms with Crippen molar-refractivity contribution < 1.29 is 14.0 Å². The van der Waals surface area contributed by atoms with Gasteiger partial charge in [-0.05, 0) is 60.9 Å². The monoisotopic (exact) mass is 461 g/mol. The number of para-hydroxylation sites is 1. The number of pyridine rings is 1. The second kappa shape index (κ2) is 9.01. The fourth-order valence-electron chi connectivity index (χ4n) is 4.75. The van der Waals surface area contributed by atoms with Crippen LogP contribution in [0.1, 0.15) is 18.0 Å². The molecule has 1 fully saturated rings. The van der Waals surface area contributed by atoms with Crippen molar-refractivity contribution in [3.8, 4) is 0 Å². The fraction of sp³-hybridized carbons (Fsp3) is 0.240. The molecular weight excluding hydrogens is 437 g/mol. The summed E-state index contributed by atoms with van der Waals surface area (Å²) in [6.45, 7) is 1.46. The zero-order valence-electron chi connectivity index (χ0n) is 18.3. The van der Waals surface area contributed by atoms with E-state index in [4.69, 9.17) is 0 Å². The predicted molar refractivity (Wildman–Crippen MR) is 128 cm³/mol. The molecule has 9 heteroatoms. The normalized spacial score (nSPS) is 18.6. The van der Waals surface area contributed by atoms with E-state index >= 15 is 0 Å². The Kier molecular flexibility index (Phi) is 5.75. The van der Waals surface area contributed by atoms with Crippen LogP contribution in [0.2, 0.25) is 0 Å². The molecule has 34 heavy (non-hydrogen) atoms. The molecule has 0 spiro atoms. The number of fused-ring (bicyclic) bond motifs is 4. The van der Waals surface area contributed by atoms with Gasteiger partial charge in [-0.3, -0.25) is 4.79 Å². The van der Waals surface area contributed by atoms with Gasteiger partial charge in [0.15, 0.2) is 0 Å². The summed E-state index contributed by atoms with van der Waals surface area (Å²) < 4.78 is 14.8. The molecule has 0 aliphatic carbocycles. The van der Waals surface area contributed by atoms with Crippen molar-refractivity contribution in [3.63, 3.8) is 0 Å². The first-order valence-electron chi connectivity index (χ1n) is 11.1. The summed E-state index contributed by atoms with van der Waals surface area (Å²) >= 11 is 0. The zero-order valence-corrected chi connectivity index (χ0v) is 18.3. The molecule has 2 aliphatic heterocycles. The van der Waals surface area contributed by atoms with E-state index in [9.17, 15) is 18.8 Å². The number of anilines is 3. The molecule has 1 aromatic heterocycles. The molecule has 5 rings (SSSR count). The Bertz CT molecular complexity index is 1280. The molecule has 2 unspecified atom stereocenters. The van der Waals surface area contributed by atoms with Crippen molar-refractivity contribution in [2.75, 3.05) is 29.0 Å². The fourth-order valence-corrected chi connectivity index (χ4v) is 4.75. The molecule has 2 aromatic carbocycles. The molecule has 1 saturated heterocycles. The van der Waals surface area contributed by atoms with Crippen LogP contribution in [0.3, 0.4) is 0 Å². The van der Waals surface area contributed by atoms with Crippen LogP contribution in [0.15, 0.2) is 71.5 Å². The first-order valence-corrected chi connectivity index (χ1v) is 11.1. The maximum atomic E-state index is 13.1. The van der Waals surface area contributed by atoms with Crippen LogP contribution in [-0.2, 0) is 6.54 Å². The summed E-state index contributed by atoms with van der Waals surface area (Å²) in [4.78, 5) is 40.0. The number of piperidine rings is 1. The number of hydrogen-bond donors (Lipinski definition) is 3. The molecule has 0 radical (unpaired) electrons. The van der Waals surface area contributed by atoms with E-state index in [1.807, 2.05) is 24.3 Å². The van der Waals surface area contributed by atoms with Gasteiger partial charge in [0.1, 0.15) is 11.5 Å². The lowest BCUT2D eigenvalue weighted by molar-refractivity contribution is 0.139. The maximum Gasteiger partial charge on any atom is 0.323 e. The Morgan fingerprint density at radius 3 is 2.32 bits per heavy atom. The van der Waals surface area contributed by atoms with Crippen molar-refractivity contribution in [2.45, 2.75) is 18.9 Å². The van der Waals surface area contributed by atoms with E-state index in [0.717, 1.165) is 12.1 Å².